The second-order valence-electron chi connectivity index (χ2n) is 24.5. The number of carbonyl (C=O) groups is 1. The minimum atomic E-state index is -4.37. The highest BCUT2D eigenvalue weighted by molar-refractivity contribution is 7.47. The summed E-state index contributed by atoms with van der Waals surface area (Å²) >= 11 is 0. The van der Waals surface area contributed by atoms with Gasteiger partial charge in [-0.15, -0.1) is 0 Å². The van der Waals surface area contributed by atoms with Crippen LogP contribution >= 0.6 is 7.82 Å². The van der Waals surface area contributed by atoms with Gasteiger partial charge in [-0.05, 0) is 109 Å². The smallest absolute Gasteiger partial charge is 0.387 e. The van der Waals surface area contributed by atoms with Crippen LogP contribution in [-0.4, -0.2) is 73.4 Å². The molecule has 0 aliphatic carbocycles. The number of phosphoric acid groups is 1. The van der Waals surface area contributed by atoms with E-state index in [1.165, 1.54) is 173 Å². The molecule has 488 valence electrons. The summed E-state index contributed by atoms with van der Waals surface area (Å²) < 4.78 is 23.8. The Morgan fingerprint density at radius 3 is 1.08 bits per heavy atom. The van der Waals surface area contributed by atoms with Crippen molar-refractivity contribution in [3.8, 4) is 0 Å². The van der Waals surface area contributed by atoms with Crippen molar-refractivity contribution in [3.05, 3.63) is 134 Å². The zero-order valence-electron chi connectivity index (χ0n) is 55.8. The highest BCUT2D eigenvalue weighted by Crippen LogP contribution is 2.43. The number of rotatable bonds is 63. The molecule has 3 N–H and O–H groups in total. The fourth-order valence-electron chi connectivity index (χ4n) is 9.68. The van der Waals surface area contributed by atoms with Crippen molar-refractivity contribution < 1.29 is 32.9 Å². The van der Waals surface area contributed by atoms with Crippen molar-refractivity contribution in [2.24, 2.45) is 0 Å². The van der Waals surface area contributed by atoms with Crippen LogP contribution in [0.5, 0.6) is 0 Å². The van der Waals surface area contributed by atoms with Crippen LogP contribution in [0.15, 0.2) is 134 Å². The van der Waals surface area contributed by atoms with Gasteiger partial charge in [-0.25, -0.2) is 4.57 Å². The fraction of sp³-hybridized carbons (Fsp3) is 0.697. The summed E-state index contributed by atoms with van der Waals surface area (Å²) in [5, 5.41) is 14.0. The summed E-state index contributed by atoms with van der Waals surface area (Å²) in [5.74, 6) is -0.194. The lowest BCUT2D eigenvalue weighted by molar-refractivity contribution is -0.870. The van der Waals surface area contributed by atoms with E-state index in [1.54, 1.807) is 6.08 Å². The molecule has 0 spiro atoms. The Morgan fingerprint density at radius 1 is 0.412 bits per heavy atom. The molecule has 0 aromatic heterocycles. The first-order valence-electron chi connectivity index (χ1n) is 35.1. The largest absolute Gasteiger partial charge is 0.472 e. The van der Waals surface area contributed by atoms with Gasteiger partial charge in [0.25, 0.3) is 0 Å². The van der Waals surface area contributed by atoms with E-state index < -0.39 is 20.0 Å². The number of likely N-dealkylation sites (N-methyl/N-ethyl adjacent to an activating group) is 1. The first-order valence-corrected chi connectivity index (χ1v) is 36.6. The molecule has 0 bridgehead atoms. The average molecular weight is 1200 g/mol. The van der Waals surface area contributed by atoms with Crippen LogP contribution in [0.25, 0.3) is 0 Å². The Labute approximate surface area is 526 Å². The summed E-state index contributed by atoms with van der Waals surface area (Å²) in [6.45, 7) is 4.68. The van der Waals surface area contributed by atoms with Gasteiger partial charge in [-0.1, -0.05) is 308 Å². The molecule has 0 aromatic carbocycles. The molecule has 1 amide bonds. The highest BCUT2D eigenvalue weighted by Gasteiger charge is 2.28. The Balaban J connectivity index is 4.13. The number of aliphatic hydroxyl groups is 1. The van der Waals surface area contributed by atoms with Gasteiger partial charge in [-0.2, -0.15) is 0 Å². The first-order chi connectivity index (χ1) is 41.5. The van der Waals surface area contributed by atoms with Gasteiger partial charge >= 0.3 is 7.82 Å². The van der Waals surface area contributed by atoms with Crippen molar-refractivity contribution in [2.45, 2.75) is 302 Å². The summed E-state index contributed by atoms with van der Waals surface area (Å²) in [6, 6.07) is -0.879. The van der Waals surface area contributed by atoms with E-state index in [2.05, 4.69) is 141 Å². The molecule has 0 aromatic rings. The van der Waals surface area contributed by atoms with Gasteiger partial charge in [0.15, 0.2) is 0 Å². The predicted molar refractivity (Wildman–Crippen MR) is 373 cm³/mol. The van der Waals surface area contributed by atoms with Gasteiger partial charge in [0.05, 0.1) is 39.9 Å². The van der Waals surface area contributed by atoms with Gasteiger partial charge in [-0.3, -0.25) is 13.8 Å². The van der Waals surface area contributed by atoms with Crippen molar-refractivity contribution in [1.82, 2.24) is 5.32 Å². The lowest BCUT2D eigenvalue weighted by Crippen LogP contribution is -2.45. The number of allylic oxidation sites excluding steroid dienone is 21. The van der Waals surface area contributed by atoms with E-state index in [-0.39, 0.29) is 19.1 Å². The molecule has 0 rings (SSSR count). The third kappa shape index (κ3) is 68.0. The Morgan fingerprint density at radius 2 is 0.718 bits per heavy atom. The Kier molecular flexibility index (Phi) is 62.5. The maximum Gasteiger partial charge on any atom is 0.472 e. The van der Waals surface area contributed by atoms with Crippen LogP contribution in [0.2, 0.25) is 0 Å². The number of hydrogen-bond acceptors (Lipinski definition) is 5. The minimum absolute atomic E-state index is 0.0485. The normalized spacial score (nSPS) is 14.5. The number of unbranched alkanes of at least 4 members (excludes halogenated alkanes) is 30. The first kappa shape index (κ1) is 81.6. The Hall–Kier alpha value is -3.36. The number of aliphatic hydroxyl groups excluding tert-OH is 1. The van der Waals surface area contributed by atoms with Crippen LogP contribution in [0.1, 0.15) is 290 Å². The third-order valence-corrected chi connectivity index (χ3v) is 16.1. The molecule has 0 fully saturated rings. The second kappa shape index (κ2) is 65.1. The van der Waals surface area contributed by atoms with Crippen LogP contribution in [0, 0.1) is 0 Å². The summed E-state index contributed by atoms with van der Waals surface area (Å²) in [6.07, 6.45) is 98.8. The molecule has 0 saturated carbocycles. The molecule has 0 saturated heterocycles. The van der Waals surface area contributed by atoms with Crippen LogP contribution in [-0.2, 0) is 18.4 Å². The van der Waals surface area contributed by atoms with Gasteiger partial charge in [0.1, 0.15) is 13.2 Å². The molecule has 85 heavy (non-hydrogen) atoms. The lowest BCUT2D eigenvalue weighted by Gasteiger charge is -2.25. The van der Waals surface area contributed by atoms with Crippen LogP contribution < -0.4 is 5.32 Å². The molecule has 3 atom stereocenters. The summed E-state index contributed by atoms with van der Waals surface area (Å²) in [7, 11) is 1.54. The molecule has 9 heteroatoms. The molecule has 0 radical (unpaired) electrons. The molecule has 8 nitrogen and oxygen atoms in total. The van der Waals surface area contributed by atoms with E-state index in [9.17, 15) is 19.4 Å². The zero-order chi connectivity index (χ0) is 61.9. The average Bonchev–Trinajstić information content (AvgIpc) is 3.49. The molecular formula is C76H134N2O6P+. The quantitative estimate of drug-likeness (QED) is 0.0243. The van der Waals surface area contributed by atoms with Gasteiger partial charge in [0.2, 0.25) is 5.91 Å². The SMILES string of the molecule is CC/C=C\C/C=C\C/C=C\C/C=C\C/C=C\C/C=C\C/C=C\C/C=C\CCCCCCCCCCCCCCCCC(=O)NC(COP(=O)(O)OCC[N+](C)(C)C)C(O)/C=C/CC/C=C/CC/C=C/CCCCCCCCCCCCCCCC. The second-order valence-corrected chi connectivity index (χ2v) is 26.0. The summed E-state index contributed by atoms with van der Waals surface area (Å²) in [5.41, 5.74) is 0. The zero-order valence-corrected chi connectivity index (χ0v) is 56.7. The van der Waals surface area contributed by atoms with Crippen molar-refractivity contribution in [3.63, 3.8) is 0 Å². The molecular weight excluding hydrogens is 1070 g/mol. The number of nitrogens with one attached hydrogen (secondary N) is 1. The Bertz CT molecular complexity index is 1850. The van der Waals surface area contributed by atoms with Gasteiger partial charge < -0.3 is 19.8 Å². The van der Waals surface area contributed by atoms with Crippen molar-refractivity contribution in [1.29, 1.82) is 0 Å². The van der Waals surface area contributed by atoms with E-state index in [0.29, 0.717) is 17.4 Å². The van der Waals surface area contributed by atoms with Crippen LogP contribution in [0.4, 0.5) is 0 Å². The number of nitrogens with zero attached hydrogens (tertiary/aromatic N) is 1. The van der Waals surface area contributed by atoms with Crippen molar-refractivity contribution in [2.75, 3.05) is 40.9 Å². The number of carbonyl (C=O) groups excluding carboxylic acids is 1. The van der Waals surface area contributed by atoms with Crippen molar-refractivity contribution >= 4 is 13.7 Å². The van der Waals surface area contributed by atoms with Crippen LogP contribution in [0.3, 0.4) is 0 Å². The van der Waals surface area contributed by atoms with Gasteiger partial charge in [0, 0.05) is 6.42 Å². The molecule has 0 aliphatic heterocycles. The molecule has 0 heterocycles. The van der Waals surface area contributed by atoms with E-state index in [0.717, 1.165) is 96.3 Å². The number of hydrogen-bond donors (Lipinski definition) is 3. The molecule has 0 aliphatic rings. The number of amides is 1. The topological polar surface area (TPSA) is 105 Å². The number of phosphoric ester groups is 1. The summed E-state index contributed by atoms with van der Waals surface area (Å²) in [4.78, 5) is 23.4. The van der Waals surface area contributed by atoms with E-state index >= 15 is 0 Å². The highest BCUT2D eigenvalue weighted by atomic mass is 31.2. The molecule has 3 unspecified atom stereocenters. The monoisotopic (exact) mass is 1200 g/mol. The third-order valence-electron chi connectivity index (χ3n) is 15.1. The minimum Gasteiger partial charge on any atom is -0.387 e. The fourth-order valence-corrected chi connectivity index (χ4v) is 10.4. The van der Waals surface area contributed by atoms with E-state index in [4.69, 9.17) is 9.05 Å². The maximum absolute atomic E-state index is 13.0. The number of quaternary nitrogens is 1. The lowest BCUT2D eigenvalue weighted by atomic mass is 10.0. The van der Waals surface area contributed by atoms with E-state index in [1.807, 2.05) is 27.2 Å². The predicted octanol–water partition coefficient (Wildman–Crippen LogP) is 22.6. The standard InChI is InChI=1S/C76H133N2O6P/c1-6-8-10-12-14-16-18-20-22-24-26-28-30-32-33-34-35-36-37-38-39-40-41-42-43-44-45-46-48-50-52-54-56-58-60-62-64-66-68-70-76(80)77-74(73-84-85(81,82)83-72-71-78(3,4)5)75(79)69-67-65-63-61-59-57-55-53-51-49-47-31-29-27-25-23-21-19-17-15-13-11-9-7-2/h8,10,14,16,20,22,26,28,32-33,35-36,38-39,41-42,51,53,59,61,67,69,74-75,79H,6-7,9,11-13,15,17-19,21,23-25,27,29-31,34,37,40,43-50,52,54-58,60,62-66,68,70-73H2,1-5H3,(H-,77,80,81,82)/p+1/b10-8-,16-14-,22-20-,28-26-,33-32-,36-35-,39-38-,42-41-,53-51+,61-59+,69-67+. The maximum atomic E-state index is 13.0.